The lowest BCUT2D eigenvalue weighted by molar-refractivity contribution is 0.152. The summed E-state index contributed by atoms with van der Waals surface area (Å²) in [7, 11) is -1.34. The van der Waals surface area contributed by atoms with E-state index in [1.807, 2.05) is 30.3 Å². The van der Waals surface area contributed by atoms with Crippen LogP contribution in [0, 0.1) is 11.8 Å². The average molecular weight is 383 g/mol. The van der Waals surface area contributed by atoms with E-state index in [-0.39, 0.29) is 0 Å². The highest BCUT2D eigenvalue weighted by molar-refractivity contribution is 7.42. The number of rotatable bonds is 16. The summed E-state index contributed by atoms with van der Waals surface area (Å²) in [5.41, 5.74) is 0. The van der Waals surface area contributed by atoms with Gasteiger partial charge in [-0.05, 0) is 36.8 Å². The first-order valence-electron chi connectivity index (χ1n) is 10.5. The van der Waals surface area contributed by atoms with E-state index >= 15 is 0 Å². The fourth-order valence-corrected chi connectivity index (χ4v) is 3.93. The maximum absolute atomic E-state index is 6.12. The Hall–Kier alpha value is -0.630. The van der Waals surface area contributed by atoms with E-state index in [2.05, 4.69) is 27.7 Å². The summed E-state index contributed by atoms with van der Waals surface area (Å²) in [6, 6.07) is 9.88. The first-order valence-corrected chi connectivity index (χ1v) is 11.6. The Labute approximate surface area is 162 Å². The maximum atomic E-state index is 6.12. The Balaban J connectivity index is 2.57. The van der Waals surface area contributed by atoms with Crippen LogP contribution in [0.3, 0.4) is 0 Å². The third-order valence-electron chi connectivity index (χ3n) is 4.84. The molecule has 0 saturated carbocycles. The zero-order valence-corrected chi connectivity index (χ0v) is 18.2. The van der Waals surface area contributed by atoms with Crippen LogP contribution in [0.1, 0.15) is 79.1 Å². The Morgan fingerprint density at radius 3 is 1.69 bits per heavy atom. The molecule has 3 nitrogen and oxygen atoms in total. The predicted octanol–water partition coefficient (Wildman–Crippen LogP) is 7.76. The van der Waals surface area contributed by atoms with Crippen LogP contribution in [0.15, 0.2) is 30.3 Å². The van der Waals surface area contributed by atoms with Crippen molar-refractivity contribution in [2.45, 2.75) is 79.1 Å². The normalized spacial score (nSPS) is 13.7. The highest BCUT2D eigenvalue weighted by atomic mass is 31.2. The molecule has 150 valence electrons. The summed E-state index contributed by atoms with van der Waals surface area (Å²) in [4.78, 5) is 0. The van der Waals surface area contributed by atoms with Crippen LogP contribution < -0.4 is 4.52 Å². The van der Waals surface area contributed by atoms with Crippen molar-refractivity contribution < 1.29 is 13.6 Å². The van der Waals surface area contributed by atoms with E-state index in [4.69, 9.17) is 13.6 Å². The largest absolute Gasteiger partial charge is 0.427 e. The zero-order valence-electron chi connectivity index (χ0n) is 17.3. The molecule has 0 unspecified atom stereocenters. The number of hydrogen-bond acceptors (Lipinski definition) is 3. The first-order chi connectivity index (χ1) is 12.7. The van der Waals surface area contributed by atoms with Crippen molar-refractivity contribution in [2.24, 2.45) is 11.8 Å². The second-order valence-electron chi connectivity index (χ2n) is 7.05. The minimum Gasteiger partial charge on any atom is -0.427 e. The van der Waals surface area contributed by atoms with E-state index in [9.17, 15) is 0 Å². The number of unbranched alkanes of at least 4 members (excludes halogenated alkanes) is 2. The van der Waals surface area contributed by atoms with E-state index in [1.165, 1.54) is 38.5 Å². The summed E-state index contributed by atoms with van der Waals surface area (Å²) in [5.74, 6) is 2.00. The predicted molar refractivity (Wildman–Crippen MR) is 113 cm³/mol. The average Bonchev–Trinajstić information content (AvgIpc) is 2.68. The number of para-hydroxylation sites is 1. The van der Waals surface area contributed by atoms with Gasteiger partial charge in [-0.15, -0.1) is 0 Å². The summed E-state index contributed by atoms with van der Waals surface area (Å²) >= 11 is 0. The summed E-state index contributed by atoms with van der Waals surface area (Å²) in [6.07, 6.45) is 9.70. The molecule has 0 aromatic heterocycles. The Morgan fingerprint density at radius 1 is 0.769 bits per heavy atom. The van der Waals surface area contributed by atoms with Gasteiger partial charge in [-0.25, -0.2) is 0 Å². The molecule has 0 heterocycles. The second-order valence-corrected chi connectivity index (χ2v) is 8.20. The van der Waals surface area contributed by atoms with Gasteiger partial charge >= 0.3 is 8.60 Å². The van der Waals surface area contributed by atoms with Crippen molar-refractivity contribution in [1.82, 2.24) is 0 Å². The van der Waals surface area contributed by atoms with Crippen LogP contribution in [-0.4, -0.2) is 13.2 Å². The molecule has 0 N–H and O–H groups in total. The van der Waals surface area contributed by atoms with Gasteiger partial charge in [0.2, 0.25) is 0 Å². The number of hydrogen-bond donors (Lipinski definition) is 0. The van der Waals surface area contributed by atoms with E-state index < -0.39 is 8.60 Å². The van der Waals surface area contributed by atoms with Crippen LogP contribution in [0.4, 0.5) is 0 Å². The lowest BCUT2D eigenvalue weighted by Crippen LogP contribution is -2.12. The third-order valence-corrected chi connectivity index (χ3v) is 5.92. The van der Waals surface area contributed by atoms with Crippen molar-refractivity contribution in [3.8, 4) is 5.75 Å². The van der Waals surface area contributed by atoms with Crippen molar-refractivity contribution in [1.29, 1.82) is 0 Å². The molecule has 0 spiro atoms. The molecule has 0 saturated heterocycles. The summed E-state index contributed by atoms with van der Waals surface area (Å²) in [6.45, 7) is 10.4. The summed E-state index contributed by atoms with van der Waals surface area (Å²) in [5, 5.41) is 0. The standard InChI is InChI=1S/C22H39O3P/c1-5-9-14-20(7-3)18-23-26(25-22-16-12-11-13-17-22)24-19-21(8-4)15-10-6-2/h11-13,16-17,20-21H,5-10,14-15,18-19H2,1-4H3/t20-,21-/m0/s1. The molecule has 0 amide bonds. The van der Waals surface area contributed by atoms with E-state index in [0.29, 0.717) is 11.8 Å². The molecular formula is C22H39O3P. The fraction of sp³-hybridized carbons (Fsp3) is 0.727. The van der Waals surface area contributed by atoms with Crippen molar-refractivity contribution in [2.75, 3.05) is 13.2 Å². The lowest BCUT2D eigenvalue weighted by atomic mass is 10.0. The van der Waals surface area contributed by atoms with Gasteiger partial charge in [0.25, 0.3) is 0 Å². The highest BCUT2D eigenvalue weighted by Gasteiger charge is 2.19. The second kappa shape index (κ2) is 15.4. The number of benzene rings is 1. The molecule has 4 heteroatoms. The monoisotopic (exact) mass is 382 g/mol. The Bertz CT molecular complexity index is 407. The minimum absolute atomic E-state index is 0.588. The van der Waals surface area contributed by atoms with Crippen LogP contribution in [0.5, 0.6) is 5.75 Å². The Morgan fingerprint density at radius 2 is 1.27 bits per heavy atom. The third kappa shape index (κ3) is 10.5. The van der Waals surface area contributed by atoms with Gasteiger partial charge in [0.15, 0.2) is 0 Å². The van der Waals surface area contributed by atoms with Crippen molar-refractivity contribution in [3.05, 3.63) is 30.3 Å². The van der Waals surface area contributed by atoms with E-state index in [0.717, 1.165) is 31.8 Å². The molecule has 1 aromatic carbocycles. The lowest BCUT2D eigenvalue weighted by Gasteiger charge is -2.22. The quantitative estimate of drug-likeness (QED) is 0.273. The summed E-state index contributed by atoms with van der Waals surface area (Å²) < 4.78 is 18.3. The molecule has 0 aliphatic carbocycles. The van der Waals surface area contributed by atoms with Gasteiger partial charge in [0.1, 0.15) is 5.75 Å². The van der Waals surface area contributed by atoms with Gasteiger partial charge in [0.05, 0.1) is 13.2 Å². The van der Waals surface area contributed by atoms with Crippen molar-refractivity contribution >= 4 is 8.60 Å². The zero-order chi connectivity index (χ0) is 19.0. The molecule has 0 aliphatic rings. The van der Waals surface area contributed by atoms with Crippen LogP contribution >= 0.6 is 8.60 Å². The van der Waals surface area contributed by atoms with Gasteiger partial charge in [-0.2, -0.15) is 0 Å². The molecule has 0 bridgehead atoms. The fourth-order valence-electron chi connectivity index (χ4n) is 2.79. The minimum atomic E-state index is -1.34. The van der Waals surface area contributed by atoms with Gasteiger partial charge in [-0.3, -0.25) is 0 Å². The van der Waals surface area contributed by atoms with Crippen molar-refractivity contribution in [3.63, 3.8) is 0 Å². The molecule has 0 aliphatic heterocycles. The van der Waals surface area contributed by atoms with E-state index in [1.54, 1.807) is 0 Å². The maximum Gasteiger partial charge on any atom is 0.397 e. The van der Waals surface area contributed by atoms with Crippen LogP contribution in [0.25, 0.3) is 0 Å². The Kier molecular flexibility index (Phi) is 13.9. The first kappa shape index (κ1) is 23.4. The smallest absolute Gasteiger partial charge is 0.397 e. The van der Waals surface area contributed by atoms with Gasteiger partial charge < -0.3 is 13.6 Å². The molecule has 26 heavy (non-hydrogen) atoms. The molecule has 0 fully saturated rings. The molecule has 1 rings (SSSR count). The van der Waals surface area contributed by atoms with Crippen LogP contribution in [0.2, 0.25) is 0 Å². The topological polar surface area (TPSA) is 27.7 Å². The molecular weight excluding hydrogens is 343 g/mol. The van der Waals surface area contributed by atoms with Gasteiger partial charge in [0, 0.05) is 0 Å². The molecule has 1 aromatic rings. The van der Waals surface area contributed by atoms with Gasteiger partial charge in [-0.1, -0.05) is 84.4 Å². The highest BCUT2D eigenvalue weighted by Crippen LogP contribution is 2.42. The molecule has 0 radical (unpaired) electrons. The SMILES string of the molecule is CCCC[C@H](CC)COP(OC[C@@H](CC)CCCC)Oc1ccccc1. The van der Waals surface area contributed by atoms with Crippen LogP contribution in [-0.2, 0) is 9.05 Å². The molecule has 2 atom stereocenters.